The molecule has 0 bridgehead atoms. The Hall–Kier alpha value is -2.16. The Morgan fingerprint density at radius 1 is 0.842 bits per heavy atom. The Balaban J connectivity index is 1.93. The van der Waals surface area contributed by atoms with E-state index in [4.69, 9.17) is 14.2 Å². The Morgan fingerprint density at radius 3 is 2.26 bits per heavy atom. The van der Waals surface area contributed by atoms with Gasteiger partial charge in [-0.05, 0) is 29.8 Å². The van der Waals surface area contributed by atoms with Gasteiger partial charge in [0.2, 0.25) is 0 Å². The van der Waals surface area contributed by atoms with Gasteiger partial charge in [0.15, 0.2) is 11.5 Å². The van der Waals surface area contributed by atoms with Crippen LogP contribution in [-0.2, 0) is 6.42 Å². The van der Waals surface area contributed by atoms with Crippen molar-refractivity contribution >= 4 is 0 Å². The van der Waals surface area contributed by atoms with E-state index in [1.165, 1.54) is 0 Å². The van der Waals surface area contributed by atoms with Crippen molar-refractivity contribution < 1.29 is 14.2 Å². The van der Waals surface area contributed by atoms with E-state index in [0.717, 1.165) is 29.2 Å². The lowest BCUT2D eigenvalue weighted by Crippen LogP contribution is -2.01. The predicted octanol–water partition coefficient (Wildman–Crippen LogP) is 3.33. The highest BCUT2D eigenvalue weighted by atomic mass is 16.5. The van der Waals surface area contributed by atoms with Crippen molar-refractivity contribution in [2.45, 2.75) is 6.42 Å². The summed E-state index contributed by atoms with van der Waals surface area (Å²) in [5.41, 5.74) is 1.16. The molecule has 19 heavy (non-hydrogen) atoms. The minimum absolute atomic E-state index is 0.638. The Bertz CT molecular complexity index is 509. The first-order chi connectivity index (χ1) is 9.33. The van der Waals surface area contributed by atoms with E-state index in [1.54, 1.807) is 14.2 Å². The fourth-order valence-electron chi connectivity index (χ4n) is 1.84. The molecule has 0 radical (unpaired) electrons. The molecule has 0 saturated heterocycles. The average Bonchev–Trinajstić information content (AvgIpc) is 2.48. The van der Waals surface area contributed by atoms with Crippen molar-refractivity contribution in [3.63, 3.8) is 0 Å². The smallest absolute Gasteiger partial charge is 0.160 e. The van der Waals surface area contributed by atoms with Crippen LogP contribution >= 0.6 is 0 Å². The molecule has 0 spiro atoms. The van der Waals surface area contributed by atoms with Crippen molar-refractivity contribution in [1.82, 2.24) is 0 Å². The third-order valence-electron chi connectivity index (χ3n) is 2.85. The van der Waals surface area contributed by atoms with Crippen LogP contribution in [0, 0.1) is 0 Å². The van der Waals surface area contributed by atoms with E-state index in [1.807, 2.05) is 48.5 Å². The zero-order valence-electron chi connectivity index (χ0n) is 11.3. The van der Waals surface area contributed by atoms with Gasteiger partial charge >= 0.3 is 0 Å². The highest BCUT2D eigenvalue weighted by molar-refractivity contribution is 5.42. The van der Waals surface area contributed by atoms with Crippen molar-refractivity contribution in [3.8, 4) is 17.2 Å². The average molecular weight is 258 g/mol. The van der Waals surface area contributed by atoms with Crippen LogP contribution in [0.2, 0.25) is 0 Å². The molecule has 0 unspecified atom stereocenters. The second kappa shape index (κ2) is 6.69. The molecule has 3 nitrogen and oxygen atoms in total. The van der Waals surface area contributed by atoms with E-state index in [0.29, 0.717) is 6.61 Å². The zero-order valence-corrected chi connectivity index (χ0v) is 11.3. The molecule has 0 heterocycles. The van der Waals surface area contributed by atoms with Crippen LogP contribution in [0.3, 0.4) is 0 Å². The van der Waals surface area contributed by atoms with E-state index in [9.17, 15) is 0 Å². The lowest BCUT2D eigenvalue weighted by molar-refractivity contribution is 0.321. The van der Waals surface area contributed by atoms with Gasteiger partial charge in [-0.15, -0.1) is 0 Å². The molecule has 0 N–H and O–H groups in total. The van der Waals surface area contributed by atoms with E-state index >= 15 is 0 Å². The molecule has 0 aromatic heterocycles. The monoisotopic (exact) mass is 258 g/mol. The number of hydrogen-bond acceptors (Lipinski definition) is 3. The Morgan fingerprint density at radius 2 is 1.58 bits per heavy atom. The molecule has 0 saturated carbocycles. The van der Waals surface area contributed by atoms with Gasteiger partial charge in [-0.3, -0.25) is 0 Å². The van der Waals surface area contributed by atoms with Crippen molar-refractivity contribution in [1.29, 1.82) is 0 Å². The highest BCUT2D eigenvalue weighted by Gasteiger charge is 2.04. The normalized spacial score (nSPS) is 10.0. The first kappa shape index (κ1) is 13.3. The molecule has 100 valence electrons. The van der Waals surface area contributed by atoms with E-state index in [-0.39, 0.29) is 0 Å². The van der Waals surface area contributed by atoms with E-state index < -0.39 is 0 Å². The summed E-state index contributed by atoms with van der Waals surface area (Å²) in [6, 6.07) is 15.7. The molecule has 2 rings (SSSR count). The summed E-state index contributed by atoms with van der Waals surface area (Å²) in [6.45, 7) is 0.638. The summed E-state index contributed by atoms with van der Waals surface area (Å²) in [6.07, 6.45) is 0.829. The minimum atomic E-state index is 0.638. The molecule has 0 aliphatic rings. The molecule has 0 atom stereocenters. The van der Waals surface area contributed by atoms with Gasteiger partial charge in [-0.1, -0.05) is 24.3 Å². The van der Waals surface area contributed by atoms with Crippen LogP contribution in [0.5, 0.6) is 17.2 Å². The highest BCUT2D eigenvalue weighted by Crippen LogP contribution is 2.27. The molecule has 0 aliphatic carbocycles. The van der Waals surface area contributed by atoms with Gasteiger partial charge in [0.1, 0.15) is 5.75 Å². The van der Waals surface area contributed by atoms with Crippen molar-refractivity contribution in [2.75, 3.05) is 20.8 Å². The number of hydrogen-bond donors (Lipinski definition) is 0. The predicted molar refractivity (Wildman–Crippen MR) is 75.2 cm³/mol. The third-order valence-corrected chi connectivity index (χ3v) is 2.85. The van der Waals surface area contributed by atoms with Gasteiger partial charge in [0, 0.05) is 6.42 Å². The van der Waals surface area contributed by atoms with Gasteiger partial charge < -0.3 is 14.2 Å². The Kier molecular flexibility index (Phi) is 4.67. The summed E-state index contributed by atoms with van der Waals surface area (Å²) >= 11 is 0. The summed E-state index contributed by atoms with van der Waals surface area (Å²) in [5, 5.41) is 0. The Labute approximate surface area is 113 Å². The number of rotatable bonds is 6. The summed E-state index contributed by atoms with van der Waals surface area (Å²) in [5.74, 6) is 2.39. The van der Waals surface area contributed by atoms with Crippen molar-refractivity contribution in [3.05, 3.63) is 54.1 Å². The van der Waals surface area contributed by atoms with Crippen LogP contribution in [0.4, 0.5) is 0 Å². The first-order valence-corrected chi connectivity index (χ1v) is 6.22. The summed E-state index contributed by atoms with van der Waals surface area (Å²) in [7, 11) is 3.28. The van der Waals surface area contributed by atoms with Crippen LogP contribution in [-0.4, -0.2) is 20.8 Å². The fourth-order valence-corrected chi connectivity index (χ4v) is 1.84. The lowest BCUT2D eigenvalue weighted by Gasteiger charge is -2.10. The molecule has 0 fully saturated rings. The van der Waals surface area contributed by atoms with E-state index in [2.05, 4.69) is 0 Å². The largest absolute Gasteiger partial charge is 0.493 e. The SMILES string of the molecule is COc1ccc(CCOc2ccccc2)cc1OC. The second-order valence-corrected chi connectivity index (χ2v) is 4.10. The maximum Gasteiger partial charge on any atom is 0.160 e. The van der Waals surface area contributed by atoms with Crippen LogP contribution < -0.4 is 14.2 Å². The van der Waals surface area contributed by atoms with Gasteiger partial charge in [0.05, 0.1) is 20.8 Å². The molecule has 0 amide bonds. The minimum Gasteiger partial charge on any atom is -0.493 e. The lowest BCUT2D eigenvalue weighted by atomic mass is 10.1. The maximum atomic E-state index is 5.67. The molecule has 0 aliphatic heterocycles. The number of para-hydroxylation sites is 1. The molecule has 2 aromatic rings. The van der Waals surface area contributed by atoms with Crippen molar-refractivity contribution in [2.24, 2.45) is 0 Å². The van der Waals surface area contributed by atoms with Gasteiger partial charge in [-0.2, -0.15) is 0 Å². The second-order valence-electron chi connectivity index (χ2n) is 4.10. The van der Waals surface area contributed by atoms with Crippen LogP contribution in [0.25, 0.3) is 0 Å². The summed E-state index contributed by atoms with van der Waals surface area (Å²) in [4.78, 5) is 0. The topological polar surface area (TPSA) is 27.7 Å². The number of benzene rings is 2. The standard InChI is InChI=1S/C16H18O3/c1-17-15-9-8-13(12-16(15)18-2)10-11-19-14-6-4-3-5-7-14/h3-9,12H,10-11H2,1-2H3. The quantitative estimate of drug-likeness (QED) is 0.795. The molecular weight excluding hydrogens is 240 g/mol. The summed E-state index contributed by atoms with van der Waals surface area (Å²) < 4.78 is 16.2. The fraction of sp³-hybridized carbons (Fsp3) is 0.250. The van der Waals surface area contributed by atoms with Gasteiger partial charge in [-0.25, -0.2) is 0 Å². The zero-order chi connectivity index (χ0) is 13.5. The molecular formula is C16H18O3. The maximum absolute atomic E-state index is 5.67. The van der Waals surface area contributed by atoms with Crippen LogP contribution in [0.15, 0.2) is 48.5 Å². The van der Waals surface area contributed by atoms with Gasteiger partial charge in [0.25, 0.3) is 0 Å². The van der Waals surface area contributed by atoms with Crippen LogP contribution in [0.1, 0.15) is 5.56 Å². The first-order valence-electron chi connectivity index (χ1n) is 6.22. The number of methoxy groups -OCH3 is 2. The molecule has 3 heteroatoms. The molecule has 2 aromatic carbocycles. The number of ether oxygens (including phenoxy) is 3. The third kappa shape index (κ3) is 3.65.